The van der Waals surface area contributed by atoms with Crippen molar-refractivity contribution in [1.29, 1.82) is 0 Å². The van der Waals surface area contributed by atoms with Crippen molar-refractivity contribution < 1.29 is 9.90 Å². The number of hydrogen-bond acceptors (Lipinski definition) is 5. The summed E-state index contributed by atoms with van der Waals surface area (Å²) in [6, 6.07) is 13.3. The van der Waals surface area contributed by atoms with Gasteiger partial charge in [0.15, 0.2) is 0 Å². The average molecular weight is 455 g/mol. The molecule has 34 heavy (non-hydrogen) atoms. The molecule has 0 unspecified atom stereocenters. The van der Waals surface area contributed by atoms with Crippen LogP contribution in [0.3, 0.4) is 0 Å². The fourth-order valence-corrected chi connectivity index (χ4v) is 4.14. The number of amides is 1. The summed E-state index contributed by atoms with van der Waals surface area (Å²) in [5.41, 5.74) is 12.4. The summed E-state index contributed by atoms with van der Waals surface area (Å²) in [6.45, 7) is 7.35. The van der Waals surface area contributed by atoms with Gasteiger partial charge in [0, 0.05) is 36.1 Å². The summed E-state index contributed by atoms with van der Waals surface area (Å²) in [6.07, 6.45) is 2.76. The number of benzene rings is 2. The van der Waals surface area contributed by atoms with Crippen LogP contribution in [0.5, 0.6) is 0 Å². The molecule has 4 N–H and O–H groups in total. The topological polar surface area (TPSA) is 91.5 Å². The van der Waals surface area contributed by atoms with Crippen LogP contribution in [0, 0.1) is 18.8 Å². The quantitative estimate of drug-likeness (QED) is 0.521. The lowest BCUT2D eigenvalue weighted by molar-refractivity contribution is 0.102. The van der Waals surface area contributed by atoms with Crippen LogP contribution >= 0.6 is 0 Å². The Morgan fingerprint density at radius 3 is 2.76 bits per heavy atom. The molecular formula is C28H30N4O2. The number of likely N-dealkylation sites (N-methyl/N-ethyl adjacent to an activating group) is 1. The van der Waals surface area contributed by atoms with E-state index in [1.54, 1.807) is 44.3 Å². The van der Waals surface area contributed by atoms with Crippen molar-refractivity contribution in [2.75, 3.05) is 24.6 Å². The molecule has 3 aromatic rings. The predicted molar refractivity (Wildman–Crippen MR) is 136 cm³/mol. The minimum Gasteiger partial charge on any atom is -0.383 e. The monoisotopic (exact) mass is 454 g/mol. The molecule has 1 amide bonds. The number of anilines is 2. The van der Waals surface area contributed by atoms with E-state index in [-0.39, 0.29) is 11.7 Å². The Hall–Kier alpha value is -3.66. The maximum Gasteiger partial charge on any atom is 0.259 e. The lowest BCUT2D eigenvalue weighted by Crippen LogP contribution is -2.27. The van der Waals surface area contributed by atoms with Gasteiger partial charge in [0.1, 0.15) is 11.4 Å². The minimum absolute atomic E-state index is 0.175. The summed E-state index contributed by atoms with van der Waals surface area (Å²) in [7, 11) is 2.13. The van der Waals surface area contributed by atoms with E-state index in [0.717, 1.165) is 30.6 Å². The number of rotatable bonds is 3. The molecule has 0 bridgehead atoms. The number of nitrogen functional groups attached to an aromatic ring is 1. The largest absolute Gasteiger partial charge is 0.383 e. The Bertz CT molecular complexity index is 1310. The number of aliphatic hydroxyl groups is 1. The van der Waals surface area contributed by atoms with Crippen molar-refractivity contribution >= 4 is 17.4 Å². The van der Waals surface area contributed by atoms with Gasteiger partial charge in [0.25, 0.3) is 5.91 Å². The number of fused-ring (bicyclic) bond motifs is 1. The predicted octanol–water partition coefficient (Wildman–Crippen LogP) is 4.00. The number of nitrogens with two attached hydrogens (primary N) is 1. The number of pyridine rings is 1. The molecule has 0 radical (unpaired) electrons. The molecule has 0 saturated heterocycles. The van der Waals surface area contributed by atoms with Crippen molar-refractivity contribution in [3.8, 4) is 23.0 Å². The highest BCUT2D eigenvalue weighted by Crippen LogP contribution is 2.30. The Balaban J connectivity index is 1.61. The van der Waals surface area contributed by atoms with Crippen molar-refractivity contribution in [3.05, 3.63) is 76.5 Å². The van der Waals surface area contributed by atoms with E-state index < -0.39 is 5.60 Å². The lowest BCUT2D eigenvalue weighted by Gasteiger charge is -2.27. The van der Waals surface area contributed by atoms with Gasteiger partial charge < -0.3 is 21.1 Å². The van der Waals surface area contributed by atoms with Crippen LogP contribution in [-0.4, -0.2) is 40.1 Å². The molecule has 174 valence electrons. The highest BCUT2D eigenvalue weighted by atomic mass is 16.3. The van der Waals surface area contributed by atoms with Crippen molar-refractivity contribution in [2.24, 2.45) is 0 Å². The maximum absolute atomic E-state index is 13.1. The first-order chi connectivity index (χ1) is 16.1. The van der Waals surface area contributed by atoms with Gasteiger partial charge in [-0.25, -0.2) is 4.98 Å². The molecule has 4 rings (SSSR count). The molecule has 1 aliphatic rings. The van der Waals surface area contributed by atoms with Crippen molar-refractivity contribution in [3.63, 3.8) is 0 Å². The third-order valence-electron chi connectivity index (χ3n) is 5.88. The van der Waals surface area contributed by atoms with Gasteiger partial charge in [-0.3, -0.25) is 4.79 Å². The SMILES string of the molecule is Cc1cc(-c2cnc(N)c(C(=O)Nc3cccc(C#CC(C)(C)O)c3)c2)cc2c1CCN(C)C2. The van der Waals surface area contributed by atoms with Crippen LogP contribution in [0.1, 0.15) is 46.5 Å². The van der Waals surface area contributed by atoms with Crippen LogP contribution in [0.25, 0.3) is 11.1 Å². The number of carbonyl (C=O) groups excluding carboxylic acids is 1. The van der Waals surface area contributed by atoms with E-state index >= 15 is 0 Å². The molecule has 0 atom stereocenters. The van der Waals surface area contributed by atoms with Crippen LogP contribution in [0.2, 0.25) is 0 Å². The first-order valence-corrected chi connectivity index (χ1v) is 11.3. The first kappa shape index (κ1) is 23.5. The molecule has 2 aromatic carbocycles. The van der Waals surface area contributed by atoms with E-state index in [2.05, 4.69) is 53.1 Å². The van der Waals surface area contributed by atoms with Gasteiger partial charge in [-0.1, -0.05) is 24.0 Å². The fourth-order valence-electron chi connectivity index (χ4n) is 4.14. The third kappa shape index (κ3) is 5.45. The molecule has 1 aromatic heterocycles. The minimum atomic E-state index is -1.09. The van der Waals surface area contributed by atoms with Gasteiger partial charge >= 0.3 is 0 Å². The van der Waals surface area contributed by atoms with Crippen LogP contribution in [0.15, 0.2) is 48.7 Å². The number of aromatic nitrogens is 1. The van der Waals surface area contributed by atoms with E-state index in [9.17, 15) is 9.90 Å². The standard InChI is InChI=1S/C28H30N4O2/c1-18-12-20(14-22-17-32(4)11-9-24(18)22)21-15-25(26(29)30-16-21)27(33)31-23-7-5-6-19(13-23)8-10-28(2,3)34/h5-7,12-16,34H,9,11,17H2,1-4H3,(H2,29,30)(H,31,33). The van der Waals surface area contributed by atoms with E-state index in [4.69, 9.17) is 5.73 Å². The highest BCUT2D eigenvalue weighted by molar-refractivity contribution is 6.08. The second kappa shape index (κ2) is 9.30. The summed E-state index contributed by atoms with van der Waals surface area (Å²) in [5.74, 6) is 5.53. The third-order valence-corrected chi connectivity index (χ3v) is 5.88. The number of aryl methyl sites for hydroxylation is 1. The Morgan fingerprint density at radius 2 is 2.00 bits per heavy atom. The van der Waals surface area contributed by atoms with E-state index in [0.29, 0.717) is 16.8 Å². The van der Waals surface area contributed by atoms with Crippen LogP contribution < -0.4 is 11.1 Å². The number of nitrogens with zero attached hydrogens (tertiary/aromatic N) is 2. The van der Waals surface area contributed by atoms with Crippen molar-refractivity contribution in [2.45, 2.75) is 39.3 Å². The second-order valence-corrected chi connectivity index (χ2v) is 9.42. The van der Waals surface area contributed by atoms with Crippen LogP contribution in [0.4, 0.5) is 11.5 Å². The first-order valence-electron chi connectivity index (χ1n) is 11.3. The molecular weight excluding hydrogens is 424 g/mol. The zero-order valence-corrected chi connectivity index (χ0v) is 20.1. The molecule has 0 aliphatic carbocycles. The van der Waals surface area contributed by atoms with Crippen LogP contribution in [-0.2, 0) is 13.0 Å². The number of nitrogens with one attached hydrogen (secondary N) is 1. The number of hydrogen-bond donors (Lipinski definition) is 3. The summed E-state index contributed by atoms with van der Waals surface area (Å²) < 4.78 is 0. The van der Waals surface area contributed by atoms with Gasteiger partial charge in [0.2, 0.25) is 0 Å². The molecule has 0 saturated carbocycles. The van der Waals surface area contributed by atoms with Crippen molar-refractivity contribution in [1.82, 2.24) is 9.88 Å². The molecule has 2 heterocycles. The smallest absolute Gasteiger partial charge is 0.259 e. The Labute approximate surface area is 200 Å². The fraction of sp³-hybridized carbons (Fsp3) is 0.286. The Kier molecular flexibility index (Phi) is 6.43. The summed E-state index contributed by atoms with van der Waals surface area (Å²) in [5, 5.41) is 12.7. The zero-order chi connectivity index (χ0) is 24.5. The number of carbonyl (C=O) groups is 1. The zero-order valence-electron chi connectivity index (χ0n) is 20.1. The average Bonchev–Trinajstić information content (AvgIpc) is 2.77. The molecule has 6 heteroatoms. The molecule has 0 spiro atoms. The van der Waals surface area contributed by atoms with E-state index in [1.165, 1.54) is 16.7 Å². The van der Waals surface area contributed by atoms with Gasteiger partial charge in [-0.05, 0) is 86.8 Å². The maximum atomic E-state index is 13.1. The molecule has 0 fully saturated rings. The van der Waals surface area contributed by atoms with Gasteiger partial charge in [-0.2, -0.15) is 0 Å². The normalized spacial score (nSPS) is 13.6. The second-order valence-electron chi connectivity index (χ2n) is 9.42. The van der Waals surface area contributed by atoms with Gasteiger partial charge in [0.05, 0.1) is 5.56 Å². The lowest BCUT2D eigenvalue weighted by atomic mass is 9.91. The van der Waals surface area contributed by atoms with E-state index in [1.807, 2.05) is 6.07 Å². The van der Waals surface area contributed by atoms with Gasteiger partial charge in [-0.15, -0.1) is 0 Å². The highest BCUT2D eigenvalue weighted by Gasteiger charge is 2.18. The Morgan fingerprint density at radius 1 is 1.21 bits per heavy atom. The molecule has 1 aliphatic heterocycles. The molecule has 6 nitrogen and oxygen atoms in total. The summed E-state index contributed by atoms with van der Waals surface area (Å²) in [4.78, 5) is 19.7. The summed E-state index contributed by atoms with van der Waals surface area (Å²) >= 11 is 0.